The number of carbonyl (C=O) groups excluding carboxylic acids is 1. The molecule has 19 heavy (non-hydrogen) atoms. The maximum Gasteiger partial charge on any atom is 0.271 e. The van der Waals surface area contributed by atoms with Crippen LogP contribution >= 0.6 is 0 Å². The highest BCUT2D eigenvalue weighted by molar-refractivity contribution is 5.91. The summed E-state index contributed by atoms with van der Waals surface area (Å²) in [6.45, 7) is 0. The van der Waals surface area contributed by atoms with Crippen LogP contribution in [0.25, 0.3) is 0 Å². The van der Waals surface area contributed by atoms with Gasteiger partial charge in [-0.15, -0.1) is 0 Å². The van der Waals surface area contributed by atoms with Crippen LogP contribution in [0.15, 0.2) is 18.2 Å². The first-order chi connectivity index (χ1) is 9.06. The maximum atomic E-state index is 13.5. The summed E-state index contributed by atoms with van der Waals surface area (Å²) in [4.78, 5) is 21.7. The molecule has 102 valence electrons. The van der Waals surface area contributed by atoms with Crippen LogP contribution in [-0.4, -0.2) is 10.8 Å². The number of nitrogens with zero attached hydrogens (tertiary/aromatic N) is 1. The lowest BCUT2D eigenvalue weighted by atomic mass is 10.0. The quantitative estimate of drug-likeness (QED) is 0.671. The molecule has 0 radical (unpaired) electrons. The highest BCUT2D eigenvalue weighted by atomic mass is 19.1. The van der Waals surface area contributed by atoms with Gasteiger partial charge in [0.25, 0.3) is 5.69 Å². The second-order valence-corrected chi connectivity index (χ2v) is 4.82. The molecule has 1 amide bonds. The Morgan fingerprint density at radius 2 is 2.11 bits per heavy atom. The van der Waals surface area contributed by atoms with Gasteiger partial charge >= 0.3 is 0 Å². The Morgan fingerprint density at radius 3 is 2.74 bits per heavy atom. The van der Waals surface area contributed by atoms with Crippen molar-refractivity contribution in [3.63, 3.8) is 0 Å². The predicted octanol–water partition coefficient (Wildman–Crippen LogP) is 3.25. The summed E-state index contributed by atoms with van der Waals surface area (Å²) in [7, 11) is 0. The predicted molar refractivity (Wildman–Crippen MR) is 68.3 cm³/mol. The molecule has 0 unspecified atom stereocenters. The standard InChI is InChI=1S/C13H15FN2O3/c14-11-6-5-10(16(18)19)8-12(11)15-13(17)7-9-3-1-2-4-9/h5-6,8-9H,1-4,7H2,(H,15,17). The summed E-state index contributed by atoms with van der Waals surface area (Å²) in [5.41, 5.74) is -0.366. The average molecular weight is 266 g/mol. The van der Waals surface area contributed by atoms with E-state index in [2.05, 4.69) is 5.32 Å². The molecule has 0 atom stereocenters. The average Bonchev–Trinajstić information content (AvgIpc) is 2.84. The molecule has 1 aliphatic rings. The molecule has 0 heterocycles. The van der Waals surface area contributed by atoms with E-state index in [1.807, 2.05) is 0 Å². The van der Waals surface area contributed by atoms with Crippen molar-refractivity contribution in [3.05, 3.63) is 34.1 Å². The van der Waals surface area contributed by atoms with Gasteiger partial charge < -0.3 is 5.32 Å². The van der Waals surface area contributed by atoms with Gasteiger partial charge in [0.1, 0.15) is 5.82 Å². The summed E-state index contributed by atoms with van der Waals surface area (Å²) < 4.78 is 13.5. The van der Waals surface area contributed by atoms with Crippen LogP contribution in [0.5, 0.6) is 0 Å². The van der Waals surface area contributed by atoms with Crippen molar-refractivity contribution in [2.24, 2.45) is 5.92 Å². The lowest BCUT2D eigenvalue weighted by Crippen LogP contribution is -2.16. The van der Waals surface area contributed by atoms with E-state index in [0.29, 0.717) is 12.3 Å². The Balaban J connectivity index is 2.02. The number of carbonyl (C=O) groups is 1. The summed E-state index contributed by atoms with van der Waals surface area (Å²) >= 11 is 0. The fourth-order valence-corrected chi connectivity index (χ4v) is 2.40. The third-order valence-electron chi connectivity index (χ3n) is 3.38. The van der Waals surface area contributed by atoms with Gasteiger partial charge in [-0.05, 0) is 24.8 Å². The van der Waals surface area contributed by atoms with Gasteiger partial charge in [-0.2, -0.15) is 0 Å². The van der Waals surface area contributed by atoms with Crippen LogP contribution < -0.4 is 5.32 Å². The van der Waals surface area contributed by atoms with Crippen LogP contribution in [0.2, 0.25) is 0 Å². The van der Waals surface area contributed by atoms with Gasteiger partial charge in [-0.3, -0.25) is 14.9 Å². The Hall–Kier alpha value is -1.98. The molecule has 1 aromatic carbocycles. The topological polar surface area (TPSA) is 72.2 Å². The van der Waals surface area contributed by atoms with E-state index >= 15 is 0 Å². The number of nitro benzene ring substituents is 1. The molecule has 0 aliphatic heterocycles. The van der Waals surface area contributed by atoms with Gasteiger partial charge in [0.05, 0.1) is 10.6 Å². The SMILES string of the molecule is O=C(CC1CCCC1)Nc1cc([N+](=O)[O-])ccc1F. The number of halogens is 1. The van der Waals surface area contributed by atoms with Gasteiger partial charge in [0, 0.05) is 18.6 Å². The second kappa shape index (κ2) is 5.77. The Labute approximate surface area is 110 Å². The smallest absolute Gasteiger partial charge is 0.271 e. The van der Waals surface area contributed by atoms with E-state index in [1.54, 1.807) is 0 Å². The lowest BCUT2D eigenvalue weighted by molar-refractivity contribution is -0.384. The lowest BCUT2D eigenvalue weighted by Gasteiger charge is -2.10. The van der Waals surface area contributed by atoms with Gasteiger partial charge in [0.15, 0.2) is 0 Å². The van der Waals surface area contributed by atoms with E-state index in [4.69, 9.17) is 0 Å². The molecule has 0 saturated heterocycles. The highest BCUT2D eigenvalue weighted by Gasteiger charge is 2.19. The van der Waals surface area contributed by atoms with Crippen molar-refractivity contribution in [3.8, 4) is 0 Å². The number of nitrogens with one attached hydrogen (secondary N) is 1. The molecule has 1 N–H and O–H groups in total. The molecule has 1 saturated carbocycles. The molecule has 0 spiro atoms. The minimum atomic E-state index is -0.662. The van der Waals surface area contributed by atoms with Gasteiger partial charge in [-0.1, -0.05) is 12.8 Å². The Kier molecular flexibility index (Phi) is 4.09. The van der Waals surface area contributed by atoms with Gasteiger partial charge in [-0.25, -0.2) is 4.39 Å². The molecule has 6 heteroatoms. The van der Waals surface area contributed by atoms with E-state index < -0.39 is 10.7 Å². The van der Waals surface area contributed by atoms with E-state index in [1.165, 1.54) is 0 Å². The molecule has 5 nitrogen and oxygen atoms in total. The molecule has 1 aliphatic carbocycles. The van der Waals surface area contributed by atoms with Crippen LogP contribution in [0.3, 0.4) is 0 Å². The third kappa shape index (κ3) is 3.49. The van der Waals surface area contributed by atoms with Crippen LogP contribution in [-0.2, 0) is 4.79 Å². The van der Waals surface area contributed by atoms with Crippen molar-refractivity contribution in [1.82, 2.24) is 0 Å². The summed E-state index contributed by atoms with van der Waals surface area (Å²) in [5.74, 6) is -0.599. The molecule has 2 rings (SSSR count). The van der Waals surface area contributed by atoms with Crippen molar-refractivity contribution >= 4 is 17.3 Å². The minimum Gasteiger partial charge on any atom is -0.323 e. The maximum absolute atomic E-state index is 13.5. The minimum absolute atomic E-state index is 0.128. The fraction of sp³-hybridized carbons (Fsp3) is 0.462. The molecule has 1 fully saturated rings. The number of non-ortho nitro benzene ring substituents is 1. The Morgan fingerprint density at radius 1 is 1.42 bits per heavy atom. The number of benzene rings is 1. The zero-order valence-electron chi connectivity index (χ0n) is 10.4. The largest absolute Gasteiger partial charge is 0.323 e. The van der Waals surface area contributed by atoms with Crippen molar-refractivity contribution in [1.29, 1.82) is 0 Å². The van der Waals surface area contributed by atoms with Crippen LogP contribution in [0, 0.1) is 21.8 Å². The first-order valence-electron chi connectivity index (χ1n) is 6.30. The monoisotopic (exact) mass is 266 g/mol. The zero-order valence-corrected chi connectivity index (χ0v) is 10.4. The number of nitro groups is 1. The van der Waals surface area contributed by atoms with E-state index in [-0.39, 0.29) is 17.3 Å². The molecule has 1 aromatic rings. The normalized spacial score (nSPS) is 15.4. The summed E-state index contributed by atoms with van der Waals surface area (Å²) in [5, 5.41) is 13.0. The number of amides is 1. The number of hydrogen-bond acceptors (Lipinski definition) is 3. The fourth-order valence-electron chi connectivity index (χ4n) is 2.40. The number of anilines is 1. The summed E-state index contributed by atoms with van der Waals surface area (Å²) in [6.07, 6.45) is 4.64. The second-order valence-electron chi connectivity index (χ2n) is 4.82. The van der Waals surface area contributed by atoms with Crippen molar-refractivity contribution < 1.29 is 14.1 Å². The number of hydrogen-bond donors (Lipinski definition) is 1. The zero-order chi connectivity index (χ0) is 13.8. The first-order valence-corrected chi connectivity index (χ1v) is 6.30. The molecular formula is C13H15FN2O3. The van der Waals surface area contributed by atoms with E-state index in [0.717, 1.165) is 43.9 Å². The van der Waals surface area contributed by atoms with Crippen molar-refractivity contribution in [2.75, 3.05) is 5.32 Å². The summed E-state index contributed by atoms with van der Waals surface area (Å²) in [6, 6.07) is 3.10. The molecule has 0 aromatic heterocycles. The molecule has 0 bridgehead atoms. The van der Waals surface area contributed by atoms with Crippen molar-refractivity contribution in [2.45, 2.75) is 32.1 Å². The first kappa shape index (κ1) is 13.5. The van der Waals surface area contributed by atoms with Crippen LogP contribution in [0.1, 0.15) is 32.1 Å². The Bertz CT molecular complexity index is 499. The highest BCUT2D eigenvalue weighted by Crippen LogP contribution is 2.28. The third-order valence-corrected chi connectivity index (χ3v) is 3.38. The number of rotatable bonds is 4. The molecular weight excluding hydrogens is 251 g/mol. The van der Waals surface area contributed by atoms with E-state index in [9.17, 15) is 19.3 Å². The van der Waals surface area contributed by atoms with Gasteiger partial charge in [0.2, 0.25) is 5.91 Å². The van der Waals surface area contributed by atoms with Crippen LogP contribution in [0.4, 0.5) is 15.8 Å².